The smallest absolute Gasteiger partial charge is 0.265 e. The summed E-state index contributed by atoms with van der Waals surface area (Å²) in [6, 6.07) is 0. The summed E-state index contributed by atoms with van der Waals surface area (Å²) in [5.74, 6) is 0. The number of nitrogens with two attached hydrogens (primary N) is 1. The molecule has 0 aliphatic rings. The van der Waals surface area contributed by atoms with E-state index in [1.807, 2.05) is 0 Å². The SMILES string of the molecule is Cc1ncc(C(F)F)c(CBr)c1N. The van der Waals surface area contributed by atoms with Gasteiger partial charge in [0.1, 0.15) is 0 Å². The molecule has 0 aromatic carbocycles. The molecule has 0 radical (unpaired) electrons. The summed E-state index contributed by atoms with van der Waals surface area (Å²) in [5, 5.41) is 0.321. The maximum atomic E-state index is 12.4. The van der Waals surface area contributed by atoms with Crippen molar-refractivity contribution in [3.8, 4) is 0 Å². The Bertz CT molecular complexity index is 315. The van der Waals surface area contributed by atoms with Gasteiger partial charge in [-0.3, -0.25) is 4.98 Å². The van der Waals surface area contributed by atoms with Gasteiger partial charge in [-0.1, -0.05) is 15.9 Å². The average molecular weight is 251 g/mol. The van der Waals surface area contributed by atoms with Crippen LogP contribution >= 0.6 is 15.9 Å². The second kappa shape index (κ2) is 4.00. The lowest BCUT2D eigenvalue weighted by Gasteiger charge is -2.10. The van der Waals surface area contributed by atoms with Gasteiger partial charge in [0.05, 0.1) is 11.4 Å². The molecule has 1 aromatic heterocycles. The van der Waals surface area contributed by atoms with Gasteiger partial charge in [-0.2, -0.15) is 0 Å². The maximum absolute atomic E-state index is 12.4. The van der Waals surface area contributed by atoms with Gasteiger partial charge in [0, 0.05) is 17.1 Å². The molecule has 0 unspecified atom stereocenters. The molecule has 0 aliphatic heterocycles. The van der Waals surface area contributed by atoms with Gasteiger partial charge in [-0.05, 0) is 12.5 Å². The van der Waals surface area contributed by atoms with E-state index in [1.165, 1.54) is 6.20 Å². The molecule has 5 heteroatoms. The molecule has 2 nitrogen and oxygen atoms in total. The first-order valence-corrected chi connectivity index (χ1v) is 4.78. The first-order valence-electron chi connectivity index (χ1n) is 3.66. The largest absolute Gasteiger partial charge is 0.397 e. The fourth-order valence-corrected chi connectivity index (χ4v) is 1.65. The van der Waals surface area contributed by atoms with Crippen LogP contribution in [0.3, 0.4) is 0 Å². The fraction of sp³-hybridized carbons (Fsp3) is 0.375. The number of pyridine rings is 1. The second-order valence-corrected chi connectivity index (χ2v) is 3.19. The summed E-state index contributed by atoms with van der Waals surface area (Å²) in [6.07, 6.45) is -1.35. The molecule has 0 fully saturated rings. The van der Waals surface area contributed by atoms with Crippen molar-refractivity contribution in [2.24, 2.45) is 0 Å². The zero-order valence-corrected chi connectivity index (χ0v) is 8.61. The van der Waals surface area contributed by atoms with E-state index < -0.39 is 6.43 Å². The normalized spacial score (nSPS) is 10.8. The molecule has 1 rings (SSSR count). The Morgan fingerprint density at radius 2 is 2.23 bits per heavy atom. The second-order valence-electron chi connectivity index (χ2n) is 2.63. The van der Waals surface area contributed by atoms with Crippen LogP contribution in [0.1, 0.15) is 23.2 Å². The van der Waals surface area contributed by atoms with Crippen LogP contribution in [0.15, 0.2) is 6.20 Å². The van der Waals surface area contributed by atoms with Crippen LogP contribution in [-0.2, 0) is 5.33 Å². The fourth-order valence-electron chi connectivity index (χ4n) is 1.02. The number of halogens is 3. The molecule has 1 heterocycles. The molecule has 0 aliphatic carbocycles. The highest BCUT2D eigenvalue weighted by Gasteiger charge is 2.16. The van der Waals surface area contributed by atoms with E-state index >= 15 is 0 Å². The standard InChI is InChI=1S/C8H9BrF2N2/c1-4-7(12)5(2-9)6(3-13-4)8(10)11/h3,8H,2,12H2,1H3. The zero-order valence-electron chi connectivity index (χ0n) is 7.02. The van der Waals surface area contributed by atoms with E-state index in [4.69, 9.17) is 5.73 Å². The number of nitrogen functional groups attached to an aromatic ring is 1. The minimum Gasteiger partial charge on any atom is -0.397 e. The third-order valence-corrected chi connectivity index (χ3v) is 2.39. The summed E-state index contributed by atoms with van der Waals surface area (Å²) in [6.45, 7) is 1.69. The maximum Gasteiger partial charge on any atom is 0.265 e. The van der Waals surface area contributed by atoms with Crippen LogP contribution in [-0.4, -0.2) is 4.98 Å². The first-order chi connectivity index (χ1) is 6.07. The van der Waals surface area contributed by atoms with Crippen molar-refractivity contribution >= 4 is 21.6 Å². The van der Waals surface area contributed by atoms with Crippen molar-refractivity contribution in [2.45, 2.75) is 18.7 Å². The summed E-state index contributed by atoms with van der Waals surface area (Å²) in [4.78, 5) is 3.78. The monoisotopic (exact) mass is 250 g/mol. The predicted molar refractivity (Wildman–Crippen MR) is 51.0 cm³/mol. The number of hydrogen-bond acceptors (Lipinski definition) is 2. The van der Waals surface area contributed by atoms with E-state index in [-0.39, 0.29) is 5.56 Å². The molecule has 0 saturated carbocycles. The Kier molecular flexibility index (Phi) is 3.19. The Labute approximate surface area is 83.3 Å². The number of hydrogen-bond donors (Lipinski definition) is 1. The van der Waals surface area contributed by atoms with Gasteiger partial charge in [-0.15, -0.1) is 0 Å². The third kappa shape index (κ3) is 1.96. The van der Waals surface area contributed by atoms with Gasteiger partial charge < -0.3 is 5.73 Å². The van der Waals surface area contributed by atoms with Crippen LogP contribution < -0.4 is 5.73 Å². The molecule has 0 bridgehead atoms. The predicted octanol–water partition coefficient (Wildman–Crippen LogP) is 2.80. The van der Waals surface area contributed by atoms with E-state index in [9.17, 15) is 8.78 Å². The number of alkyl halides is 3. The summed E-state index contributed by atoms with van der Waals surface area (Å²) < 4.78 is 24.8. The Balaban J connectivity index is 3.30. The third-order valence-electron chi connectivity index (χ3n) is 1.83. The zero-order chi connectivity index (χ0) is 10.0. The van der Waals surface area contributed by atoms with Crippen molar-refractivity contribution in [2.75, 3.05) is 5.73 Å². The van der Waals surface area contributed by atoms with Crippen molar-refractivity contribution in [1.82, 2.24) is 4.98 Å². The number of nitrogens with zero attached hydrogens (tertiary/aromatic N) is 1. The van der Waals surface area contributed by atoms with Crippen molar-refractivity contribution < 1.29 is 8.78 Å². The highest BCUT2D eigenvalue weighted by molar-refractivity contribution is 9.08. The van der Waals surface area contributed by atoms with E-state index in [1.54, 1.807) is 6.92 Å². The van der Waals surface area contributed by atoms with Gasteiger partial charge >= 0.3 is 0 Å². The number of aromatic nitrogens is 1. The van der Waals surface area contributed by atoms with Crippen molar-refractivity contribution in [3.05, 3.63) is 23.0 Å². The lowest BCUT2D eigenvalue weighted by atomic mass is 10.1. The lowest BCUT2D eigenvalue weighted by molar-refractivity contribution is 0.150. The molecule has 0 amide bonds. The highest BCUT2D eigenvalue weighted by atomic mass is 79.9. The molecule has 13 heavy (non-hydrogen) atoms. The molecule has 72 valence electrons. The highest BCUT2D eigenvalue weighted by Crippen LogP contribution is 2.29. The Morgan fingerprint density at radius 3 is 2.69 bits per heavy atom. The van der Waals surface area contributed by atoms with Crippen LogP contribution in [0.5, 0.6) is 0 Å². The van der Waals surface area contributed by atoms with Crippen LogP contribution in [0.2, 0.25) is 0 Å². The number of anilines is 1. The first kappa shape index (κ1) is 10.4. The van der Waals surface area contributed by atoms with Crippen LogP contribution in [0, 0.1) is 6.92 Å². The van der Waals surface area contributed by atoms with Crippen LogP contribution in [0.4, 0.5) is 14.5 Å². The van der Waals surface area contributed by atoms with E-state index in [2.05, 4.69) is 20.9 Å². The Morgan fingerprint density at radius 1 is 1.62 bits per heavy atom. The molecule has 2 N–H and O–H groups in total. The molecule has 0 atom stereocenters. The molecular formula is C8H9BrF2N2. The molecule has 0 saturated heterocycles. The summed E-state index contributed by atoms with van der Waals surface area (Å²) in [5.41, 5.74) is 6.87. The molecule has 0 spiro atoms. The van der Waals surface area contributed by atoms with Gasteiger partial charge in [0.25, 0.3) is 6.43 Å². The van der Waals surface area contributed by atoms with Crippen LogP contribution in [0.25, 0.3) is 0 Å². The van der Waals surface area contributed by atoms with Gasteiger partial charge in [-0.25, -0.2) is 8.78 Å². The average Bonchev–Trinajstić information content (AvgIpc) is 2.09. The van der Waals surface area contributed by atoms with Crippen molar-refractivity contribution in [3.63, 3.8) is 0 Å². The summed E-state index contributed by atoms with van der Waals surface area (Å²) in [7, 11) is 0. The number of rotatable bonds is 2. The Hall–Kier alpha value is -0.710. The number of aryl methyl sites for hydroxylation is 1. The lowest BCUT2D eigenvalue weighted by Crippen LogP contribution is -2.03. The molecular weight excluding hydrogens is 242 g/mol. The van der Waals surface area contributed by atoms with Crippen molar-refractivity contribution in [1.29, 1.82) is 0 Å². The minimum absolute atomic E-state index is 0.0972. The van der Waals surface area contributed by atoms with Gasteiger partial charge in [0.2, 0.25) is 0 Å². The quantitative estimate of drug-likeness (QED) is 0.821. The summed E-state index contributed by atoms with van der Waals surface area (Å²) >= 11 is 3.12. The van der Waals surface area contributed by atoms with Gasteiger partial charge in [0.15, 0.2) is 0 Å². The van der Waals surface area contributed by atoms with E-state index in [0.29, 0.717) is 22.3 Å². The topological polar surface area (TPSA) is 38.9 Å². The minimum atomic E-state index is -2.53. The van der Waals surface area contributed by atoms with E-state index in [0.717, 1.165) is 0 Å². The molecule has 1 aromatic rings.